The molecule has 26 heavy (non-hydrogen) atoms. The normalized spacial score (nSPS) is 10.1. The lowest BCUT2D eigenvalue weighted by Gasteiger charge is -2.22. The molecule has 1 N–H and O–H groups in total. The summed E-state index contributed by atoms with van der Waals surface area (Å²) < 4.78 is 4.98. The number of carbonyl (C=O) groups is 3. The lowest BCUT2D eigenvalue weighted by atomic mass is 10.1. The van der Waals surface area contributed by atoms with E-state index in [2.05, 4.69) is 5.32 Å². The molecule has 136 valence electrons. The van der Waals surface area contributed by atoms with Gasteiger partial charge in [0.05, 0.1) is 6.61 Å². The van der Waals surface area contributed by atoms with Crippen LogP contribution in [-0.2, 0) is 20.9 Å². The molecule has 0 saturated carbocycles. The van der Waals surface area contributed by atoms with Crippen molar-refractivity contribution in [2.24, 2.45) is 0 Å². The summed E-state index contributed by atoms with van der Waals surface area (Å²) in [5, 5.41) is 2.65. The second kappa shape index (κ2) is 9.36. The number of esters is 1. The van der Waals surface area contributed by atoms with Crippen molar-refractivity contribution in [2.75, 3.05) is 18.5 Å². The van der Waals surface area contributed by atoms with Crippen LogP contribution in [0.4, 0.5) is 5.69 Å². The van der Waals surface area contributed by atoms with Gasteiger partial charge in [-0.15, -0.1) is 0 Å². The Balaban J connectivity index is 2.23. The number of anilines is 1. The molecule has 0 aromatic heterocycles. The molecule has 0 aliphatic rings. The minimum absolute atomic E-state index is 0.147. The fourth-order valence-electron chi connectivity index (χ4n) is 2.48. The van der Waals surface area contributed by atoms with Crippen molar-refractivity contribution in [1.29, 1.82) is 0 Å². The Hall–Kier alpha value is -3.15. The number of rotatable bonds is 7. The van der Waals surface area contributed by atoms with Gasteiger partial charge in [-0.3, -0.25) is 14.4 Å². The van der Waals surface area contributed by atoms with Gasteiger partial charge in [0.2, 0.25) is 5.91 Å². The lowest BCUT2D eigenvalue weighted by molar-refractivity contribution is -0.144. The summed E-state index contributed by atoms with van der Waals surface area (Å²) in [5.41, 5.74) is 1.82. The summed E-state index contributed by atoms with van der Waals surface area (Å²) in [6, 6.07) is 16.0. The van der Waals surface area contributed by atoms with E-state index in [9.17, 15) is 14.4 Å². The van der Waals surface area contributed by atoms with Crippen molar-refractivity contribution >= 4 is 23.5 Å². The third-order valence-electron chi connectivity index (χ3n) is 3.56. The minimum atomic E-state index is -0.463. The van der Waals surface area contributed by atoms with Crippen LogP contribution in [0.5, 0.6) is 0 Å². The summed E-state index contributed by atoms with van der Waals surface area (Å²) >= 11 is 0. The van der Waals surface area contributed by atoms with Crippen LogP contribution in [0.25, 0.3) is 0 Å². The van der Waals surface area contributed by atoms with E-state index in [4.69, 9.17) is 4.74 Å². The van der Waals surface area contributed by atoms with E-state index in [1.807, 2.05) is 30.3 Å². The average molecular weight is 354 g/mol. The van der Waals surface area contributed by atoms with Crippen LogP contribution in [0.1, 0.15) is 29.8 Å². The predicted molar refractivity (Wildman–Crippen MR) is 98.6 cm³/mol. The number of carbonyl (C=O) groups excluding carboxylic acids is 3. The Morgan fingerprint density at radius 1 is 1.04 bits per heavy atom. The number of nitrogens with one attached hydrogen (secondary N) is 1. The van der Waals surface area contributed by atoms with Crippen molar-refractivity contribution in [3.8, 4) is 0 Å². The van der Waals surface area contributed by atoms with Crippen LogP contribution in [0.2, 0.25) is 0 Å². The molecule has 0 aliphatic carbocycles. The highest BCUT2D eigenvalue weighted by Crippen LogP contribution is 2.15. The number of amides is 2. The lowest BCUT2D eigenvalue weighted by Crippen LogP contribution is -2.36. The fraction of sp³-hybridized carbons (Fsp3) is 0.250. The summed E-state index contributed by atoms with van der Waals surface area (Å²) in [7, 11) is 0. The average Bonchev–Trinajstić information content (AvgIpc) is 2.61. The fourth-order valence-corrected chi connectivity index (χ4v) is 2.48. The van der Waals surface area contributed by atoms with Crippen molar-refractivity contribution in [2.45, 2.75) is 20.4 Å². The molecular formula is C20H22N2O4. The zero-order chi connectivity index (χ0) is 18.9. The van der Waals surface area contributed by atoms with Gasteiger partial charge in [0.25, 0.3) is 5.91 Å². The maximum atomic E-state index is 12.9. The third-order valence-corrected chi connectivity index (χ3v) is 3.56. The van der Waals surface area contributed by atoms with E-state index in [-0.39, 0.29) is 31.5 Å². The maximum absolute atomic E-state index is 12.9. The topological polar surface area (TPSA) is 75.7 Å². The summed E-state index contributed by atoms with van der Waals surface area (Å²) in [6.07, 6.45) is 0. The summed E-state index contributed by atoms with van der Waals surface area (Å²) in [6.45, 7) is 3.51. The van der Waals surface area contributed by atoms with E-state index >= 15 is 0 Å². The van der Waals surface area contributed by atoms with Crippen molar-refractivity contribution in [1.82, 2.24) is 4.90 Å². The van der Waals surface area contributed by atoms with E-state index in [0.717, 1.165) is 5.56 Å². The smallest absolute Gasteiger partial charge is 0.325 e. The Labute approximate surface area is 152 Å². The molecule has 0 radical (unpaired) electrons. The van der Waals surface area contributed by atoms with E-state index in [0.29, 0.717) is 11.3 Å². The summed E-state index contributed by atoms with van der Waals surface area (Å²) in [4.78, 5) is 37.5. The molecule has 0 atom stereocenters. The van der Waals surface area contributed by atoms with Crippen LogP contribution in [0.15, 0.2) is 54.6 Å². The molecule has 0 aliphatic heterocycles. The minimum Gasteiger partial charge on any atom is -0.465 e. The quantitative estimate of drug-likeness (QED) is 0.776. The number of ether oxygens (including phenoxy) is 1. The Kier molecular flexibility index (Phi) is 6.91. The first-order valence-electron chi connectivity index (χ1n) is 8.36. The van der Waals surface area contributed by atoms with Crippen molar-refractivity contribution in [3.63, 3.8) is 0 Å². The molecule has 6 heteroatoms. The molecule has 0 bridgehead atoms. The molecule has 2 aromatic rings. The number of hydrogen-bond donors (Lipinski definition) is 1. The molecule has 0 spiro atoms. The first-order valence-corrected chi connectivity index (χ1v) is 8.36. The van der Waals surface area contributed by atoms with Crippen LogP contribution in [0.3, 0.4) is 0 Å². The zero-order valence-electron chi connectivity index (χ0n) is 14.9. The Bertz CT molecular complexity index is 774. The SMILES string of the molecule is CCOC(=O)CN(Cc1ccccc1)C(=O)c1cccc(NC(C)=O)c1. The molecule has 0 saturated heterocycles. The molecule has 2 rings (SSSR count). The van der Waals surface area contributed by atoms with Crippen LogP contribution in [0, 0.1) is 0 Å². The number of hydrogen-bond acceptors (Lipinski definition) is 4. The van der Waals surface area contributed by atoms with Gasteiger partial charge in [-0.25, -0.2) is 0 Å². The number of benzene rings is 2. The van der Waals surface area contributed by atoms with E-state index < -0.39 is 5.97 Å². The first-order chi connectivity index (χ1) is 12.5. The second-order valence-electron chi connectivity index (χ2n) is 5.71. The zero-order valence-corrected chi connectivity index (χ0v) is 14.9. The predicted octanol–water partition coefficient (Wildman–Crippen LogP) is 2.85. The van der Waals surface area contributed by atoms with Crippen LogP contribution in [-0.4, -0.2) is 35.8 Å². The molecule has 0 unspecified atom stereocenters. The highest BCUT2D eigenvalue weighted by molar-refractivity contribution is 5.98. The second-order valence-corrected chi connectivity index (χ2v) is 5.71. The monoisotopic (exact) mass is 354 g/mol. The highest BCUT2D eigenvalue weighted by atomic mass is 16.5. The van der Waals surface area contributed by atoms with Gasteiger partial charge in [-0.05, 0) is 30.7 Å². The Morgan fingerprint density at radius 3 is 2.42 bits per heavy atom. The van der Waals surface area contributed by atoms with Crippen LogP contribution < -0.4 is 5.32 Å². The van der Waals surface area contributed by atoms with Gasteiger partial charge in [-0.2, -0.15) is 0 Å². The van der Waals surface area contributed by atoms with Gasteiger partial charge in [0.15, 0.2) is 0 Å². The van der Waals surface area contributed by atoms with Crippen LogP contribution >= 0.6 is 0 Å². The molecule has 0 fully saturated rings. The van der Waals surface area contributed by atoms with E-state index in [1.165, 1.54) is 11.8 Å². The van der Waals surface area contributed by atoms with Gasteiger partial charge < -0.3 is 15.0 Å². The molecular weight excluding hydrogens is 332 g/mol. The maximum Gasteiger partial charge on any atom is 0.325 e. The first kappa shape index (κ1) is 19.2. The Morgan fingerprint density at radius 2 is 1.77 bits per heavy atom. The van der Waals surface area contributed by atoms with Gasteiger partial charge >= 0.3 is 5.97 Å². The highest BCUT2D eigenvalue weighted by Gasteiger charge is 2.20. The molecule has 2 amide bonds. The van der Waals surface area contributed by atoms with Gasteiger partial charge in [-0.1, -0.05) is 36.4 Å². The largest absolute Gasteiger partial charge is 0.465 e. The number of nitrogens with zero attached hydrogens (tertiary/aromatic N) is 1. The third kappa shape index (κ3) is 5.73. The molecule has 6 nitrogen and oxygen atoms in total. The van der Waals surface area contributed by atoms with Crippen molar-refractivity contribution < 1.29 is 19.1 Å². The summed E-state index contributed by atoms with van der Waals surface area (Å²) in [5.74, 6) is -0.994. The standard InChI is InChI=1S/C20H22N2O4/c1-3-26-19(24)14-22(13-16-8-5-4-6-9-16)20(25)17-10-7-11-18(12-17)21-15(2)23/h4-12H,3,13-14H2,1-2H3,(H,21,23). The van der Waals surface area contributed by atoms with E-state index in [1.54, 1.807) is 31.2 Å². The molecule has 0 heterocycles. The van der Waals surface area contributed by atoms with Crippen molar-refractivity contribution in [3.05, 3.63) is 65.7 Å². The van der Waals surface area contributed by atoms with Gasteiger partial charge in [0.1, 0.15) is 6.54 Å². The van der Waals surface area contributed by atoms with Gasteiger partial charge in [0, 0.05) is 24.7 Å². The molecule has 2 aromatic carbocycles.